The number of aliphatic hydroxyl groups is 1. The second-order valence-electron chi connectivity index (χ2n) is 10.0. The molecule has 1 unspecified atom stereocenters. The largest absolute Gasteiger partial charge is 0.493 e. The summed E-state index contributed by atoms with van der Waals surface area (Å²) >= 11 is 0. The monoisotopic (exact) mass is 500 g/mol. The summed E-state index contributed by atoms with van der Waals surface area (Å²) < 4.78 is 24.6. The number of nitrogens with zero attached hydrogens (tertiary/aromatic N) is 1. The third kappa shape index (κ3) is 9.52. The van der Waals surface area contributed by atoms with Crippen LogP contribution >= 0.6 is 0 Å². The molecule has 0 saturated carbocycles. The number of rotatable bonds is 14. The summed E-state index contributed by atoms with van der Waals surface area (Å²) in [5.41, 5.74) is 2.00. The van der Waals surface area contributed by atoms with E-state index in [1.807, 2.05) is 24.3 Å². The standard InChI is InChI=1S/C29H41FN2O4/c1-22(2)21-36-27-9-5-24(6-10-27)20-31-29(34)28(19-23-3-7-26(30)8-4-23)25-11-13-32(14-12-25)15-17-35-18-16-33/h3-10,22,25,28,33H,11-21H2,1-2H3,(H,31,34). The highest BCUT2D eigenvalue weighted by molar-refractivity contribution is 5.79. The zero-order chi connectivity index (χ0) is 25.8. The number of amides is 1. The summed E-state index contributed by atoms with van der Waals surface area (Å²) in [7, 11) is 0. The molecule has 1 amide bonds. The summed E-state index contributed by atoms with van der Waals surface area (Å²) in [5, 5.41) is 12.0. The predicted molar refractivity (Wildman–Crippen MR) is 139 cm³/mol. The van der Waals surface area contributed by atoms with E-state index in [0.29, 0.717) is 38.7 Å². The maximum absolute atomic E-state index is 13.4. The molecule has 36 heavy (non-hydrogen) atoms. The number of likely N-dealkylation sites (tertiary alicyclic amines) is 1. The van der Waals surface area contributed by atoms with Crippen molar-refractivity contribution in [2.75, 3.05) is 46.1 Å². The second-order valence-corrected chi connectivity index (χ2v) is 10.0. The van der Waals surface area contributed by atoms with Crippen LogP contribution in [-0.4, -0.2) is 62.0 Å². The smallest absolute Gasteiger partial charge is 0.223 e. The second kappa shape index (κ2) is 14.9. The number of hydrogen-bond acceptors (Lipinski definition) is 5. The van der Waals surface area contributed by atoms with E-state index in [-0.39, 0.29) is 30.2 Å². The van der Waals surface area contributed by atoms with Crippen LogP contribution in [0.2, 0.25) is 0 Å². The maximum atomic E-state index is 13.4. The van der Waals surface area contributed by atoms with Crippen LogP contribution < -0.4 is 10.1 Å². The molecule has 2 aromatic rings. The first-order chi connectivity index (χ1) is 17.4. The third-order valence-corrected chi connectivity index (χ3v) is 6.67. The Kier molecular flexibility index (Phi) is 11.7. The molecule has 1 atom stereocenters. The van der Waals surface area contributed by atoms with Gasteiger partial charge in [-0.2, -0.15) is 0 Å². The third-order valence-electron chi connectivity index (χ3n) is 6.67. The lowest BCUT2D eigenvalue weighted by molar-refractivity contribution is -0.127. The molecular weight excluding hydrogens is 459 g/mol. The van der Waals surface area contributed by atoms with Crippen LogP contribution in [0.1, 0.15) is 37.8 Å². The van der Waals surface area contributed by atoms with Crippen molar-refractivity contribution >= 4 is 5.91 Å². The number of hydrogen-bond donors (Lipinski definition) is 2. The Bertz CT molecular complexity index is 896. The number of benzene rings is 2. The van der Waals surface area contributed by atoms with Gasteiger partial charge in [-0.05, 0) is 79.6 Å². The first-order valence-corrected chi connectivity index (χ1v) is 13.1. The molecular formula is C29H41FN2O4. The van der Waals surface area contributed by atoms with Crippen LogP contribution in [0, 0.1) is 23.6 Å². The van der Waals surface area contributed by atoms with E-state index in [2.05, 4.69) is 24.1 Å². The zero-order valence-corrected chi connectivity index (χ0v) is 21.6. The van der Waals surface area contributed by atoms with Crippen molar-refractivity contribution in [3.8, 4) is 5.75 Å². The molecule has 1 saturated heterocycles. The molecule has 1 fully saturated rings. The predicted octanol–water partition coefficient (Wildman–Crippen LogP) is 4.06. The number of halogens is 1. The number of nitrogens with one attached hydrogen (secondary N) is 1. The molecule has 6 nitrogen and oxygen atoms in total. The van der Waals surface area contributed by atoms with Crippen molar-refractivity contribution in [3.05, 3.63) is 65.5 Å². The zero-order valence-electron chi connectivity index (χ0n) is 21.6. The first kappa shape index (κ1) is 28.1. The van der Waals surface area contributed by atoms with Gasteiger partial charge in [0.2, 0.25) is 5.91 Å². The Balaban J connectivity index is 1.57. The van der Waals surface area contributed by atoms with Gasteiger partial charge in [-0.3, -0.25) is 4.79 Å². The van der Waals surface area contributed by atoms with Gasteiger partial charge in [-0.15, -0.1) is 0 Å². The van der Waals surface area contributed by atoms with E-state index in [1.165, 1.54) is 12.1 Å². The lowest BCUT2D eigenvalue weighted by atomic mass is 9.80. The van der Waals surface area contributed by atoms with E-state index in [1.54, 1.807) is 12.1 Å². The molecule has 3 rings (SSSR count). The number of carbonyl (C=O) groups excluding carboxylic acids is 1. The Morgan fingerprint density at radius 1 is 1.06 bits per heavy atom. The minimum absolute atomic E-state index is 0.0400. The molecule has 2 aromatic carbocycles. The molecule has 1 aliphatic heterocycles. The van der Waals surface area contributed by atoms with Gasteiger partial charge < -0.3 is 24.8 Å². The normalized spacial score (nSPS) is 15.7. The van der Waals surface area contributed by atoms with Gasteiger partial charge in [0.25, 0.3) is 0 Å². The van der Waals surface area contributed by atoms with Crippen LogP contribution in [0.5, 0.6) is 5.75 Å². The molecule has 2 N–H and O–H groups in total. The fourth-order valence-electron chi connectivity index (χ4n) is 4.57. The van der Waals surface area contributed by atoms with E-state index in [0.717, 1.165) is 49.4 Å². The summed E-state index contributed by atoms with van der Waals surface area (Å²) in [6.07, 6.45) is 2.46. The minimum atomic E-state index is -0.266. The molecule has 0 spiro atoms. The Morgan fingerprint density at radius 2 is 1.72 bits per heavy atom. The van der Waals surface area contributed by atoms with E-state index >= 15 is 0 Å². The van der Waals surface area contributed by atoms with Crippen molar-refractivity contribution in [1.29, 1.82) is 0 Å². The van der Waals surface area contributed by atoms with E-state index in [9.17, 15) is 9.18 Å². The summed E-state index contributed by atoms with van der Waals surface area (Å²) in [4.78, 5) is 15.7. The SMILES string of the molecule is CC(C)COc1ccc(CNC(=O)C(Cc2ccc(F)cc2)C2CCN(CCOCCO)CC2)cc1. The van der Waals surface area contributed by atoms with Crippen LogP contribution in [-0.2, 0) is 22.5 Å². The molecule has 1 heterocycles. The maximum Gasteiger partial charge on any atom is 0.223 e. The molecule has 7 heteroatoms. The topological polar surface area (TPSA) is 71.0 Å². The molecule has 198 valence electrons. The highest BCUT2D eigenvalue weighted by Crippen LogP contribution is 2.28. The number of aliphatic hydroxyl groups excluding tert-OH is 1. The van der Waals surface area contributed by atoms with E-state index in [4.69, 9.17) is 14.6 Å². The van der Waals surface area contributed by atoms with Crippen molar-refractivity contribution in [3.63, 3.8) is 0 Å². The molecule has 0 aromatic heterocycles. The van der Waals surface area contributed by atoms with Gasteiger partial charge >= 0.3 is 0 Å². The van der Waals surface area contributed by atoms with Crippen LogP contribution in [0.4, 0.5) is 4.39 Å². The van der Waals surface area contributed by atoms with Crippen molar-refractivity contribution in [1.82, 2.24) is 10.2 Å². The number of piperidine rings is 1. The Morgan fingerprint density at radius 3 is 2.36 bits per heavy atom. The van der Waals surface area contributed by atoms with Gasteiger partial charge in [0, 0.05) is 19.0 Å². The highest BCUT2D eigenvalue weighted by Gasteiger charge is 2.31. The quantitative estimate of drug-likeness (QED) is 0.383. The van der Waals surface area contributed by atoms with Crippen molar-refractivity contribution in [2.24, 2.45) is 17.8 Å². The highest BCUT2D eigenvalue weighted by atomic mass is 19.1. The average Bonchev–Trinajstić information content (AvgIpc) is 2.89. The van der Waals surface area contributed by atoms with Crippen molar-refractivity contribution < 1.29 is 23.8 Å². The summed E-state index contributed by atoms with van der Waals surface area (Å²) in [6.45, 7) is 9.04. The van der Waals surface area contributed by atoms with Crippen LogP contribution in [0.15, 0.2) is 48.5 Å². The Labute approximate surface area is 214 Å². The lowest BCUT2D eigenvalue weighted by Crippen LogP contribution is -2.43. The lowest BCUT2D eigenvalue weighted by Gasteiger charge is -2.35. The molecule has 1 aliphatic rings. The Hall–Kier alpha value is -2.48. The molecule has 0 aliphatic carbocycles. The van der Waals surface area contributed by atoms with Gasteiger partial charge in [0.15, 0.2) is 0 Å². The van der Waals surface area contributed by atoms with E-state index < -0.39 is 0 Å². The first-order valence-electron chi connectivity index (χ1n) is 13.1. The fraction of sp³-hybridized carbons (Fsp3) is 0.552. The summed E-state index contributed by atoms with van der Waals surface area (Å²) in [5.74, 6) is 1.17. The average molecular weight is 501 g/mol. The number of ether oxygens (including phenoxy) is 2. The van der Waals surface area contributed by atoms with Gasteiger partial charge in [-0.1, -0.05) is 38.1 Å². The van der Waals surface area contributed by atoms with Crippen LogP contribution in [0.3, 0.4) is 0 Å². The number of carbonyl (C=O) groups is 1. The molecule has 0 bridgehead atoms. The summed E-state index contributed by atoms with van der Waals surface area (Å²) in [6, 6.07) is 14.3. The van der Waals surface area contributed by atoms with Gasteiger partial charge in [0.05, 0.1) is 26.4 Å². The fourth-order valence-corrected chi connectivity index (χ4v) is 4.57. The molecule has 0 radical (unpaired) electrons. The van der Waals surface area contributed by atoms with Gasteiger partial charge in [0.1, 0.15) is 11.6 Å². The van der Waals surface area contributed by atoms with Crippen molar-refractivity contribution in [2.45, 2.75) is 39.7 Å². The minimum Gasteiger partial charge on any atom is -0.493 e. The van der Waals surface area contributed by atoms with Gasteiger partial charge in [-0.25, -0.2) is 4.39 Å². The van der Waals surface area contributed by atoms with Crippen LogP contribution in [0.25, 0.3) is 0 Å².